The summed E-state index contributed by atoms with van der Waals surface area (Å²) >= 11 is 0. The van der Waals surface area contributed by atoms with Gasteiger partial charge < -0.3 is 14.7 Å². The van der Waals surface area contributed by atoms with Gasteiger partial charge in [-0.3, -0.25) is 4.79 Å². The number of carbonyl (C=O) groups excluding carboxylic acids is 1. The lowest BCUT2D eigenvalue weighted by molar-refractivity contribution is -0.142. The Balaban J connectivity index is 4.28. The number of aliphatic carboxylic acids is 1. The van der Waals surface area contributed by atoms with Crippen LogP contribution >= 0.6 is 0 Å². The van der Waals surface area contributed by atoms with Gasteiger partial charge in [0, 0.05) is 0 Å². The fourth-order valence-corrected chi connectivity index (χ4v) is 1.21. The predicted molar refractivity (Wildman–Crippen MR) is 47.9 cm³/mol. The molecule has 0 aromatic heterocycles. The molecule has 0 heterocycles. The maximum atomic E-state index is 10.7. The molecule has 0 aromatic carbocycles. The lowest BCUT2D eigenvalue weighted by Crippen LogP contribution is -2.44. The average molecular weight is 171 g/mol. The van der Waals surface area contributed by atoms with Crippen molar-refractivity contribution in [1.82, 2.24) is 4.81 Å². The van der Waals surface area contributed by atoms with Crippen LogP contribution in [0.3, 0.4) is 0 Å². The highest BCUT2D eigenvalue weighted by molar-refractivity contribution is 6.64. The zero-order chi connectivity index (χ0) is 9.72. The molecule has 0 aliphatic carbocycles. The molecule has 68 valence electrons. The zero-order valence-electron chi connectivity index (χ0n) is 7.65. The van der Waals surface area contributed by atoms with Crippen molar-refractivity contribution in [2.24, 2.45) is 5.92 Å². The molecule has 0 saturated carbocycles. The second-order valence-corrected chi connectivity index (χ2v) is 3.13. The van der Waals surface area contributed by atoms with Crippen LogP contribution in [0.4, 0.5) is 0 Å². The van der Waals surface area contributed by atoms with E-state index in [9.17, 15) is 9.59 Å². The number of likely N-dealkylation sites (N-methyl/N-ethyl adjacent to an activating group) is 1. The van der Waals surface area contributed by atoms with Gasteiger partial charge in [0.2, 0.25) is 0 Å². The lowest BCUT2D eigenvalue weighted by atomic mass is 9.89. The molecular formula is C7H14BNO3. The molecule has 0 fully saturated rings. The fourth-order valence-electron chi connectivity index (χ4n) is 1.21. The quantitative estimate of drug-likeness (QED) is 0.450. The number of carbonyl (C=O) groups is 2. The van der Waals surface area contributed by atoms with Gasteiger partial charge in [0.15, 0.2) is 0 Å². The van der Waals surface area contributed by atoms with E-state index >= 15 is 0 Å². The Morgan fingerprint density at radius 1 is 1.58 bits per heavy atom. The number of hydrogen-bond acceptors (Lipinski definition) is 3. The number of carboxylic acids is 1. The van der Waals surface area contributed by atoms with Crippen LogP contribution in [-0.4, -0.2) is 42.6 Å². The normalized spacial score (nSPS) is 13.1. The van der Waals surface area contributed by atoms with Crippen LogP contribution in [0.1, 0.15) is 13.8 Å². The van der Waals surface area contributed by atoms with Crippen molar-refractivity contribution in [3.05, 3.63) is 0 Å². The molecule has 0 aliphatic heterocycles. The summed E-state index contributed by atoms with van der Waals surface area (Å²) in [6.07, 6.45) is 0.707. The molecule has 0 radical (unpaired) electrons. The van der Waals surface area contributed by atoms with Crippen molar-refractivity contribution < 1.29 is 14.7 Å². The third kappa shape index (κ3) is 3.05. The molecule has 0 saturated heterocycles. The Morgan fingerprint density at radius 3 is 2.33 bits per heavy atom. The third-order valence-electron chi connectivity index (χ3n) is 1.72. The first kappa shape index (κ1) is 11.2. The van der Waals surface area contributed by atoms with Gasteiger partial charge in [-0.1, -0.05) is 13.8 Å². The van der Waals surface area contributed by atoms with Crippen LogP contribution in [0.25, 0.3) is 0 Å². The van der Waals surface area contributed by atoms with E-state index in [4.69, 9.17) is 5.11 Å². The third-order valence-corrected chi connectivity index (χ3v) is 1.72. The Bertz CT molecular complexity index is 172. The SMILES string of the molecule is CC(C)[C@@H](C(=O)O)N(C)BC=O. The van der Waals surface area contributed by atoms with Crippen molar-refractivity contribution in [3.8, 4) is 0 Å². The first-order chi connectivity index (χ1) is 5.50. The summed E-state index contributed by atoms with van der Waals surface area (Å²) in [5.74, 6) is -0.873. The molecule has 0 spiro atoms. The minimum absolute atomic E-state index is 0.00690. The van der Waals surface area contributed by atoms with Gasteiger partial charge in [-0.2, -0.15) is 0 Å². The van der Waals surface area contributed by atoms with E-state index in [2.05, 4.69) is 0 Å². The van der Waals surface area contributed by atoms with E-state index in [1.54, 1.807) is 7.05 Å². The monoisotopic (exact) mass is 171 g/mol. The molecule has 4 nitrogen and oxygen atoms in total. The first-order valence-corrected chi connectivity index (χ1v) is 3.87. The lowest BCUT2D eigenvalue weighted by Gasteiger charge is -2.25. The Hall–Kier alpha value is -0.835. The van der Waals surface area contributed by atoms with Crippen LogP contribution < -0.4 is 0 Å². The first-order valence-electron chi connectivity index (χ1n) is 3.87. The van der Waals surface area contributed by atoms with Gasteiger partial charge in [-0.25, -0.2) is 0 Å². The highest BCUT2D eigenvalue weighted by atomic mass is 16.4. The number of rotatable bonds is 5. The molecular weight excluding hydrogens is 157 g/mol. The molecule has 0 rings (SSSR count). The predicted octanol–water partition coefficient (Wildman–Crippen LogP) is -0.431. The van der Waals surface area contributed by atoms with Gasteiger partial charge in [0.1, 0.15) is 6.04 Å². The molecule has 0 amide bonds. The average Bonchev–Trinajstić information content (AvgIpc) is 1.85. The summed E-state index contributed by atoms with van der Waals surface area (Å²) < 4.78 is 0. The second kappa shape index (κ2) is 4.93. The van der Waals surface area contributed by atoms with Crippen molar-refractivity contribution in [2.45, 2.75) is 19.9 Å². The van der Waals surface area contributed by atoms with Crippen LogP contribution in [-0.2, 0) is 9.59 Å². The Kier molecular flexibility index (Phi) is 4.58. The summed E-state index contributed by atoms with van der Waals surface area (Å²) in [7, 11) is 1.79. The van der Waals surface area contributed by atoms with E-state index in [1.807, 2.05) is 13.8 Å². The van der Waals surface area contributed by atoms with Crippen molar-refractivity contribution in [3.63, 3.8) is 0 Å². The number of hydrogen-bond donors (Lipinski definition) is 1. The van der Waals surface area contributed by atoms with Crippen LogP contribution in [0.5, 0.6) is 0 Å². The maximum absolute atomic E-state index is 10.7. The van der Waals surface area contributed by atoms with Gasteiger partial charge in [-0.15, -0.1) is 0 Å². The van der Waals surface area contributed by atoms with E-state index in [0.717, 1.165) is 0 Å². The topological polar surface area (TPSA) is 57.6 Å². The summed E-state index contributed by atoms with van der Waals surface area (Å²) in [6.45, 7) is 3.64. The van der Waals surface area contributed by atoms with E-state index in [1.165, 1.54) is 4.81 Å². The molecule has 0 unspecified atom stereocenters. The second-order valence-electron chi connectivity index (χ2n) is 3.13. The fraction of sp³-hybridized carbons (Fsp3) is 0.714. The van der Waals surface area contributed by atoms with Gasteiger partial charge >= 0.3 is 5.97 Å². The number of nitrogens with zero attached hydrogens (tertiary/aromatic N) is 1. The zero-order valence-corrected chi connectivity index (χ0v) is 7.65. The Morgan fingerprint density at radius 2 is 2.08 bits per heavy atom. The Labute approximate surface area is 72.8 Å². The van der Waals surface area contributed by atoms with Gasteiger partial charge in [0.25, 0.3) is 7.41 Å². The summed E-state index contributed by atoms with van der Waals surface area (Å²) in [5, 5.41) is 8.78. The van der Waals surface area contributed by atoms with E-state index < -0.39 is 12.0 Å². The minimum Gasteiger partial charge on any atom is -0.480 e. The van der Waals surface area contributed by atoms with E-state index in [-0.39, 0.29) is 13.3 Å². The van der Waals surface area contributed by atoms with Crippen molar-refractivity contribution in [2.75, 3.05) is 7.05 Å². The molecule has 0 bridgehead atoms. The van der Waals surface area contributed by atoms with Crippen LogP contribution in [0, 0.1) is 5.92 Å². The molecule has 0 aliphatic rings. The summed E-state index contributed by atoms with van der Waals surface area (Å²) in [6, 6.07) is -0.574. The largest absolute Gasteiger partial charge is 0.480 e. The minimum atomic E-state index is -0.880. The van der Waals surface area contributed by atoms with Crippen molar-refractivity contribution >= 4 is 19.6 Å². The smallest absolute Gasteiger partial charge is 0.320 e. The molecule has 1 N–H and O–H groups in total. The highest BCUT2D eigenvalue weighted by Crippen LogP contribution is 2.07. The van der Waals surface area contributed by atoms with Gasteiger partial charge in [0.05, 0.1) is 6.19 Å². The summed E-state index contributed by atoms with van der Waals surface area (Å²) in [4.78, 5) is 22.4. The number of carboxylic acid groups (broad SMARTS) is 1. The van der Waals surface area contributed by atoms with E-state index in [0.29, 0.717) is 6.19 Å². The molecule has 0 aromatic rings. The molecule has 12 heavy (non-hydrogen) atoms. The highest BCUT2D eigenvalue weighted by Gasteiger charge is 2.25. The standard InChI is InChI=1S/C7H14BNO3/c1-5(2)6(7(11)12)9(3)8-4-10/h4-6,8H,1-3H3,(H,11,12)/t6-/m0/s1. The van der Waals surface area contributed by atoms with Gasteiger partial charge in [-0.05, 0) is 13.0 Å². The van der Waals surface area contributed by atoms with Crippen LogP contribution in [0.2, 0.25) is 0 Å². The molecule has 1 atom stereocenters. The van der Waals surface area contributed by atoms with Crippen LogP contribution in [0.15, 0.2) is 0 Å². The van der Waals surface area contributed by atoms with Crippen molar-refractivity contribution in [1.29, 1.82) is 0 Å². The molecule has 5 heteroatoms. The summed E-state index contributed by atoms with van der Waals surface area (Å²) in [5.41, 5.74) is 0. The maximum Gasteiger partial charge on any atom is 0.320 e.